The molecule has 47 heavy (non-hydrogen) atoms. The molecular formula is C36H44ClN5O5. The Bertz CT molecular complexity index is 1570. The molecule has 4 aliphatic rings. The highest BCUT2D eigenvalue weighted by atomic mass is 35.5. The van der Waals surface area contributed by atoms with Crippen LogP contribution in [0.3, 0.4) is 0 Å². The molecule has 0 spiro atoms. The maximum atomic E-state index is 14.4. The number of rotatable bonds is 9. The smallest absolute Gasteiger partial charge is 0.410 e. The number of carbonyl (C=O) groups is 2. The van der Waals surface area contributed by atoms with Crippen molar-refractivity contribution in [2.24, 2.45) is 11.8 Å². The third-order valence-electron chi connectivity index (χ3n) is 10.5. The average molecular weight is 662 g/mol. The first-order valence-electron chi connectivity index (χ1n) is 17.1. The normalized spacial score (nSPS) is 24.8. The Morgan fingerprint density at radius 2 is 1.74 bits per heavy atom. The number of ether oxygens (including phenoxy) is 2. The maximum absolute atomic E-state index is 14.4. The van der Waals surface area contributed by atoms with Gasteiger partial charge in [-0.05, 0) is 105 Å². The lowest BCUT2D eigenvalue weighted by Gasteiger charge is -2.38. The number of amides is 2. The van der Waals surface area contributed by atoms with Gasteiger partial charge >= 0.3 is 6.09 Å². The van der Waals surface area contributed by atoms with Crippen LogP contribution in [0.4, 0.5) is 10.5 Å². The summed E-state index contributed by atoms with van der Waals surface area (Å²) in [6, 6.07) is 10.8. The van der Waals surface area contributed by atoms with E-state index in [-0.39, 0.29) is 24.0 Å². The van der Waals surface area contributed by atoms with Gasteiger partial charge in [0, 0.05) is 36.1 Å². The molecule has 2 aromatic heterocycles. The first-order chi connectivity index (χ1) is 22.8. The topological polar surface area (TPSA) is 110 Å². The van der Waals surface area contributed by atoms with Gasteiger partial charge in [-0.15, -0.1) is 0 Å². The van der Waals surface area contributed by atoms with Crippen molar-refractivity contribution in [1.29, 1.82) is 0 Å². The van der Waals surface area contributed by atoms with Crippen molar-refractivity contribution in [1.82, 2.24) is 19.7 Å². The number of halogens is 1. The van der Waals surface area contributed by atoms with Crippen molar-refractivity contribution in [3.63, 3.8) is 0 Å². The number of β-amino-alcohol motifs (C(OH)–C–C–N with tert-alkyl or cyclic N) is 1. The van der Waals surface area contributed by atoms with Crippen LogP contribution in [0.25, 0.3) is 11.1 Å². The molecule has 0 atom stereocenters. The number of aromatic nitrogens is 3. The van der Waals surface area contributed by atoms with E-state index in [0.29, 0.717) is 74.1 Å². The van der Waals surface area contributed by atoms with Gasteiger partial charge in [-0.2, -0.15) is 5.10 Å². The molecule has 0 radical (unpaired) electrons. The summed E-state index contributed by atoms with van der Waals surface area (Å²) in [5.74, 6) is 1.24. The Kier molecular flexibility index (Phi) is 9.41. The number of aliphatic hydroxyl groups is 1. The number of hydrogen-bond donors (Lipinski definition) is 1. The minimum Gasteiger partial charge on any atom is -0.480 e. The Morgan fingerprint density at radius 1 is 0.979 bits per heavy atom. The molecule has 1 aromatic carbocycles. The van der Waals surface area contributed by atoms with E-state index in [1.165, 1.54) is 17.7 Å². The fourth-order valence-electron chi connectivity index (χ4n) is 7.42. The second kappa shape index (κ2) is 13.8. The van der Waals surface area contributed by atoms with E-state index in [0.717, 1.165) is 48.1 Å². The van der Waals surface area contributed by atoms with Gasteiger partial charge in [0.1, 0.15) is 11.1 Å². The molecule has 250 valence electrons. The molecule has 1 N–H and O–H groups in total. The number of aliphatic hydroxyl groups excluding tert-OH is 1. The summed E-state index contributed by atoms with van der Waals surface area (Å²) in [6.45, 7) is 1.33. The lowest BCUT2D eigenvalue weighted by molar-refractivity contribution is -0.124. The predicted octanol–water partition coefficient (Wildman–Crippen LogP) is 6.62. The largest absolute Gasteiger partial charge is 0.480 e. The van der Waals surface area contributed by atoms with Crippen LogP contribution in [0, 0.1) is 11.8 Å². The summed E-state index contributed by atoms with van der Waals surface area (Å²) in [5.41, 5.74) is 4.19. The molecule has 0 unspecified atom stereocenters. The highest BCUT2D eigenvalue weighted by Crippen LogP contribution is 2.40. The molecule has 0 bridgehead atoms. The summed E-state index contributed by atoms with van der Waals surface area (Å²) in [5, 5.41) is 14.7. The standard InChI is InChI=1S/C36H44ClN5O5/c1-46-34-33(37)16-27(17-38-34)24-7-5-23(6-8-24)19-41(30-4-2-3-26(15-30)28-18-39-42(20-28)29-11-12-29)35(44)25-9-13-32(14-10-25)47-36(45)40-21-31(43)22-40/h2-4,15-18,20,23-25,29,31-32,43H,5-14,19,21-22H2,1H3. The zero-order chi connectivity index (χ0) is 32.5. The van der Waals surface area contributed by atoms with E-state index in [9.17, 15) is 14.7 Å². The van der Waals surface area contributed by atoms with E-state index in [2.05, 4.69) is 39.2 Å². The van der Waals surface area contributed by atoms with E-state index in [1.807, 2.05) is 29.4 Å². The van der Waals surface area contributed by atoms with E-state index in [1.54, 1.807) is 7.11 Å². The Balaban J connectivity index is 1.04. The number of methoxy groups -OCH3 is 1. The van der Waals surface area contributed by atoms with Gasteiger partial charge in [0.15, 0.2) is 0 Å². The second-order valence-corrected chi connectivity index (χ2v) is 14.2. The molecule has 2 amide bonds. The van der Waals surface area contributed by atoms with Gasteiger partial charge in [-0.25, -0.2) is 9.78 Å². The molecule has 1 saturated heterocycles. The molecule has 3 heterocycles. The van der Waals surface area contributed by atoms with Crippen molar-refractivity contribution in [2.75, 3.05) is 31.6 Å². The quantitative estimate of drug-likeness (QED) is 0.274. The van der Waals surface area contributed by atoms with Gasteiger partial charge in [-0.1, -0.05) is 23.7 Å². The van der Waals surface area contributed by atoms with Crippen molar-refractivity contribution in [3.05, 3.63) is 59.5 Å². The predicted molar refractivity (Wildman–Crippen MR) is 179 cm³/mol. The third-order valence-corrected chi connectivity index (χ3v) is 10.7. The fourth-order valence-corrected chi connectivity index (χ4v) is 7.67. The molecule has 3 saturated carbocycles. The lowest BCUT2D eigenvalue weighted by Crippen LogP contribution is -2.54. The molecular weight excluding hydrogens is 618 g/mol. The van der Waals surface area contributed by atoms with Crippen molar-refractivity contribution < 1.29 is 24.2 Å². The average Bonchev–Trinajstić information content (AvgIpc) is 3.81. The van der Waals surface area contributed by atoms with Crippen molar-refractivity contribution in [3.8, 4) is 17.0 Å². The van der Waals surface area contributed by atoms with Gasteiger partial charge in [0.2, 0.25) is 11.8 Å². The number of benzene rings is 1. The number of anilines is 1. The van der Waals surface area contributed by atoms with Crippen molar-refractivity contribution in [2.45, 2.75) is 88.4 Å². The van der Waals surface area contributed by atoms with Crippen LogP contribution < -0.4 is 9.64 Å². The van der Waals surface area contributed by atoms with Gasteiger partial charge in [0.05, 0.1) is 38.5 Å². The Hall–Kier alpha value is -3.63. The Labute approximate surface area is 281 Å². The lowest BCUT2D eigenvalue weighted by atomic mass is 9.78. The van der Waals surface area contributed by atoms with Crippen molar-refractivity contribution >= 4 is 29.3 Å². The summed E-state index contributed by atoms with van der Waals surface area (Å²) in [4.78, 5) is 34.7. The van der Waals surface area contributed by atoms with Gasteiger partial charge in [-0.3, -0.25) is 9.48 Å². The second-order valence-electron chi connectivity index (χ2n) is 13.8. The molecule has 10 nitrogen and oxygen atoms in total. The fraction of sp³-hybridized carbons (Fsp3) is 0.556. The molecule has 1 aliphatic heterocycles. The van der Waals surface area contributed by atoms with Gasteiger partial charge < -0.3 is 24.4 Å². The minimum absolute atomic E-state index is 0.124. The zero-order valence-corrected chi connectivity index (χ0v) is 27.7. The summed E-state index contributed by atoms with van der Waals surface area (Å²) in [6.07, 6.45) is 14.0. The highest BCUT2D eigenvalue weighted by Gasteiger charge is 2.36. The summed E-state index contributed by atoms with van der Waals surface area (Å²) < 4.78 is 13.0. The first kappa shape index (κ1) is 31.9. The van der Waals surface area contributed by atoms with Crippen LogP contribution in [-0.4, -0.2) is 75.7 Å². The molecule has 11 heteroatoms. The highest BCUT2D eigenvalue weighted by molar-refractivity contribution is 6.31. The van der Waals surface area contributed by atoms with Crippen LogP contribution in [0.1, 0.15) is 81.7 Å². The van der Waals surface area contributed by atoms with Gasteiger partial charge in [0.25, 0.3) is 0 Å². The number of likely N-dealkylation sites (tertiary alicyclic amines) is 1. The van der Waals surface area contributed by atoms with Crippen LogP contribution in [-0.2, 0) is 9.53 Å². The van der Waals surface area contributed by atoms with Crippen LogP contribution in [0.15, 0.2) is 48.9 Å². The first-order valence-corrected chi connectivity index (χ1v) is 17.5. The molecule has 3 aliphatic carbocycles. The molecule has 7 rings (SSSR count). The van der Waals surface area contributed by atoms with Crippen LogP contribution in [0.2, 0.25) is 5.02 Å². The van der Waals surface area contributed by atoms with Crippen LogP contribution in [0.5, 0.6) is 5.88 Å². The number of pyridine rings is 1. The number of carbonyl (C=O) groups excluding carboxylic acids is 2. The van der Waals surface area contributed by atoms with E-state index in [4.69, 9.17) is 21.1 Å². The van der Waals surface area contributed by atoms with Crippen LogP contribution >= 0.6 is 11.6 Å². The third kappa shape index (κ3) is 7.28. The summed E-state index contributed by atoms with van der Waals surface area (Å²) in [7, 11) is 1.57. The maximum Gasteiger partial charge on any atom is 0.410 e. The SMILES string of the molecule is COc1ncc(C2CCC(CN(C(=O)C3CCC(OC(=O)N4CC(O)C4)CC3)c3cccc(-c4cnn(C5CC5)c4)c3)CC2)cc1Cl. The minimum atomic E-state index is -0.456. The number of hydrogen-bond acceptors (Lipinski definition) is 7. The Morgan fingerprint density at radius 3 is 2.43 bits per heavy atom. The van der Waals surface area contributed by atoms with E-state index >= 15 is 0 Å². The monoisotopic (exact) mass is 661 g/mol. The van der Waals surface area contributed by atoms with E-state index < -0.39 is 6.10 Å². The zero-order valence-electron chi connectivity index (χ0n) is 27.0. The summed E-state index contributed by atoms with van der Waals surface area (Å²) >= 11 is 6.39. The number of nitrogens with zero attached hydrogens (tertiary/aromatic N) is 5. The molecule has 3 aromatic rings. The molecule has 4 fully saturated rings.